The van der Waals surface area contributed by atoms with Gasteiger partial charge in [0.05, 0.1) is 29.7 Å². The average molecular weight is 325 g/mol. The highest BCUT2D eigenvalue weighted by Gasteiger charge is 2.33. The molecule has 24 heavy (non-hydrogen) atoms. The quantitative estimate of drug-likeness (QED) is 0.879. The Bertz CT molecular complexity index is 765. The van der Waals surface area contributed by atoms with Gasteiger partial charge in [-0.1, -0.05) is 18.2 Å². The summed E-state index contributed by atoms with van der Waals surface area (Å²) >= 11 is 0. The third-order valence-electron chi connectivity index (χ3n) is 4.52. The summed E-state index contributed by atoms with van der Waals surface area (Å²) in [5, 5.41) is 7.55. The molecule has 2 aliphatic heterocycles. The zero-order chi connectivity index (χ0) is 16.5. The Morgan fingerprint density at radius 3 is 2.67 bits per heavy atom. The first kappa shape index (κ1) is 14.9. The van der Waals surface area contributed by atoms with Gasteiger partial charge in [-0.05, 0) is 12.1 Å². The van der Waals surface area contributed by atoms with Crippen molar-refractivity contribution in [2.75, 3.05) is 32.7 Å². The fourth-order valence-electron chi connectivity index (χ4n) is 3.22. The van der Waals surface area contributed by atoms with E-state index in [0.29, 0.717) is 25.2 Å². The van der Waals surface area contributed by atoms with Crippen molar-refractivity contribution in [2.24, 2.45) is 0 Å². The molecule has 2 aliphatic rings. The normalized spacial score (nSPS) is 17.2. The molecule has 7 nitrogen and oxygen atoms in total. The number of fused-ring (bicyclic) bond motifs is 1. The molecular formula is C17H19N5O2. The monoisotopic (exact) mass is 325 g/mol. The Labute approximate surface area is 139 Å². The number of carbonyl (C=O) groups excluding carboxylic acids is 2. The molecule has 1 saturated heterocycles. The van der Waals surface area contributed by atoms with Gasteiger partial charge in [0.2, 0.25) is 5.91 Å². The standard InChI is InChI=1S/C17H19N5O2/c23-16(20-8-6-18-7-9-20)12-21-11-15-14(17(21)24)10-19-22(15)13-4-2-1-3-5-13/h1-5,10,18H,6-9,11-12H2. The summed E-state index contributed by atoms with van der Waals surface area (Å²) in [5.74, 6) is -0.107. The molecule has 2 amide bonds. The van der Waals surface area contributed by atoms with Crippen LogP contribution in [0, 0.1) is 0 Å². The maximum atomic E-state index is 12.5. The summed E-state index contributed by atoms with van der Waals surface area (Å²) in [4.78, 5) is 28.4. The van der Waals surface area contributed by atoms with Crippen LogP contribution < -0.4 is 5.32 Å². The van der Waals surface area contributed by atoms with Gasteiger partial charge in [-0.2, -0.15) is 5.10 Å². The van der Waals surface area contributed by atoms with Crippen molar-refractivity contribution in [1.29, 1.82) is 0 Å². The van der Waals surface area contributed by atoms with Crippen molar-refractivity contribution in [2.45, 2.75) is 6.54 Å². The summed E-state index contributed by atoms with van der Waals surface area (Å²) in [5.41, 5.74) is 2.35. The van der Waals surface area contributed by atoms with Crippen molar-refractivity contribution in [3.63, 3.8) is 0 Å². The van der Waals surface area contributed by atoms with E-state index in [1.807, 2.05) is 35.2 Å². The minimum absolute atomic E-state index is 0.00854. The zero-order valence-corrected chi connectivity index (χ0v) is 13.3. The molecule has 0 saturated carbocycles. The van der Waals surface area contributed by atoms with E-state index >= 15 is 0 Å². The van der Waals surface area contributed by atoms with Gasteiger partial charge >= 0.3 is 0 Å². The lowest BCUT2D eigenvalue weighted by Crippen LogP contribution is -2.49. The van der Waals surface area contributed by atoms with E-state index in [0.717, 1.165) is 24.5 Å². The Morgan fingerprint density at radius 2 is 1.92 bits per heavy atom. The van der Waals surface area contributed by atoms with E-state index in [4.69, 9.17) is 0 Å². The van der Waals surface area contributed by atoms with E-state index in [2.05, 4.69) is 10.4 Å². The number of amides is 2. The third kappa shape index (κ3) is 2.56. The van der Waals surface area contributed by atoms with Gasteiger partial charge in [0, 0.05) is 26.2 Å². The SMILES string of the molecule is O=C(CN1Cc2c(cnn2-c2ccccc2)C1=O)N1CCNCC1. The number of para-hydroxylation sites is 1. The van der Waals surface area contributed by atoms with E-state index in [1.165, 1.54) is 0 Å². The van der Waals surface area contributed by atoms with Crippen LogP contribution in [0.1, 0.15) is 16.1 Å². The second kappa shape index (κ2) is 6.09. The first-order chi connectivity index (χ1) is 11.7. The van der Waals surface area contributed by atoms with Gasteiger partial charge in [0.25, 0.3) is 5.91 Å². The lowest BCUT2D eigenvalue weighted by atomic mass is 10.2. The molecule has 2 aromatic rings. The lowest BCUT2D eigenvalue weighted by molar-refractivity contribution is -0.132. The summed E-state index contributed by atoms with van der Waals surface area (Å²) in [7, 11) is 0. The van der Waals surface area contributed by atoms with E-state index < -0.39 is 0 Å². The molecule has 3 heterocycles. The third-order valence-corrected chi connectivity index (χ3v) is 4.52. The van der Waals surface area contributed by atoms with Crippen molar-refractivity contribution in [3.05, 3.63) is 47.8 Å². The molecule has 0 radical (unpaired) electrons. The number of nitrogens with one attached hydrogen (secondary N) is 1. The van der Waals surface area contributed by atoms with Gasteiger partial charge in [0.15, 0.2) is 0 Å². The second-order valence-corrected chi connectivity index (χ2v) is 6.04. The Kier molecular flexibility index (Phi) is 3.78. The van der Waals surface area contributed by atoms with Gasteiger partial charge in [-0.15, -0.1) is 0 Å². The maximum Gasteiger partial charge on any atom is 0.258 e. The van der Waals surface area contributed by atoms with Crippen LogP contribution in [0.5, 0.6) is 0 Å². The number of benzene rings is 1. The molecule has 0 unspecified atom stereocenters. The largest absolute Gasteiger partial charge is 0.339 e. The molecule has 7 heteroatoms. The van der Waals surface area contributed by atoms with Crippen LogP contribution in [0.25, 0.3) is 5.69 Å². The molecule has 0 spiro atoms. The number of piperazine rings is 1. The van der Waals surface area contributed by atoms with Crippen LogP contribution in [-0.4, -0.2) is 64.1 Å². The predicted octanol–water partition coefficient (Wildman–Crippen LogP) is 0.260. The number of rotatable bonds is 3. The van der Waals surface area contributed by atoms with Crippen molar-refractivity contribution < 1.29 is 9.59 Å². The number of hydrogen-bond acceptors (Lipinski definition) is 4. The molecule has 1 fully saturated rings. The van der Waals surface area contributed by atoms with Crippen LogP contribution in [-0.2, 0) is 11.3 Å². The molecule has 1 aromatic carbocycles. The summed E-state index contributed by atoms with van der Waals surface area (Å²) < 4.78 is 1.78. The summed E-state index contributed by atoms with van der Waals surface area (Å²) in [6.07, 6.45) is 1.60. The van der Waals surface area contributed by atoms with Crippen molar-refractivity contribution in [3.8, 4) is 5.69 Å². The highest BCUT2D eigenvalue weighted by Crippen LogP contribution is 2.25. The number of carbonyl (C=O) groups is 2. The molecular weight excluding hydrogens is 306 g/mol. The van der Waals surface area contributed by atoms with Crippen molar-refractivity contribution in [1.82, 2.24) is 24.9 Å². The molecule has 1 N–H and O–H groups in total. The molecule has 0 aliphatic carbocycles. The zero-order valence-electron chi connectivity index (χ0n) is 13.3. The van der Waals surface area contributed by atoms with Crippen LogP contribution in [0.15, 0.2) is 36.5 Å². The highest BCUT2D eigenvalue weighted by atomic mass is 16.2. The maximum absolute atomic E-state index is 12.5. The highest BCUT2D eigenvalue weighted by molar-refractivity contribution is 5.99. The van der Waals surface area contributed by atoms with Crippen LogP contribution in [0.4, 0.5) is 0 Å². The summed E-state index contributed by atoms with van der Waals surface area (Å²) in [6.45, 7) is 3.56. The molecule has 0 atom stereocenters. The van der Waals surface area contributed by atoms with Crippen LogP contribution >= 0.6 is 0 Å². The lowest BCUT2D eigenvalue weighted by Gasteiger charge is -2.29. The first-order valence-electron chi connectivity index (χ1n) is 8.14. The van der Waals surface area contributed by atoms with Crippen molar-refractivity contribution >= 4 is 11.8 Å². The van der Waals surface area contributed by atoms with Gasteiger partial charge in [-0.25, -0.2) is 4.68 Å². The van der Waals surface area contributed by atoms with Crippen LogP contribution in [0.3, 0.4) is 0 Å². The minimum atomic E-state index is -0.115. The first-order valence-corrected chi connectivity index (χ1v) is 8.14. The Morgan fingerprint density at radius 1 is 1.17 bits per heavy atom. The fourth-order valence-corrected chi connectivity index (χ4v) is 3.22. The molecule has 124 valence electrons. The van der Waals surface area contributed by atoms with E-state index in [1.54, 1.807) is 15.8 Å². The second-order valence-electron chi connectivity index (χ2n) is 6.04. The van der Waals surface area contributed by atoms with E-state index in [-0.39, 0.29) is 18.4 Å². The Balaban J connectivity index is 1.51. The predicted molar refractivity (Wildman–Crippen MR) is 87.8 cm³/mol. The number of aromatic nitrogens is 2. The van der Waals surface area contributed by atoms with Gasteiger partial charge < -0.3 is 15.1 Å². The van der Waals surface area contributed by atoms with Gasteiger partial charge in [-0.3, -0.25) is 9.59 Å². The minimum Gasteiger partial charge on any atom is -0.339 e. The van der Waals surface area contributed by atoms with Gasteiger partial charge in [0.1, 0.15) is 6.54 Å². The Hall–Kier alpha value is -2.67. The average Bonchev–Trinajstić information content (AvgIpc) is 3.17. The van der Waals surface area contributed by atoms with Crippen LogP contribution in [0.2, 0.25) is 0 Å². The smallest absolute Gasteiger partial charge is 0.258 e. The number of hydrogen-bond donors (Lipinski definition) is 1. The topological polar surface area (TPSA) is 70.5 Å². The molecule has 4 rings (SSSR count). The van der Waals surface area contributed by atoms with E-state index in [9.17, 15) is 9.59 Å². The molecule has 1 aromatic heterocycles. The fraction of sp³-hybridized carbons (Fsp3) is 0.353. The molecule has 0 bridgehead atoms. The number of nitrogens with zero attached hydrogens (tertiary/aromatic N) is 4. The summed E-state index contributed by atoms with van der Waals surface area (Å²) in [6, 6.07) is 9.72.